The Morgan fingerprint density at radius 2 is 1.86 bits per heavy atom. The maximum atomic E-state index is 9.27. The molecule has 0 radical (unpaired) electrons. The molecule has 2 aromatic carbocycles. The molecule has 0 bridgehead atoms. The van der Waals surface area contributed by atoms with E-state index in [1.54, 1.807) is 43.4 Å². The molecule has 0 aliphatic rings. The van der Waals surface area contributed by atoms with Gasteiger partial charge in [0.1, 0.15) is 0 Å². The number of nitriles is 1. The lowest BCUT2D eigenvalue weighted by Crippen LogP contribution is -2.01. The first kappa shape index (κ1) is 17.5. The third-order valence-corrected chi connectivity index (χ3v) is 4.56. The maximum Gasteiger partial charge on any atom is 0.162 e. The van der Waals surface area contributed by atoms with Crippen molar-refractivity contribution in [1.82, 2.24) is 20.0 Å². The predicted molar refractivity (Wildman–Crippen MR) is 104 cm³/mol. The van der Waals surface area contributed by atoms with E-state index in [1.807, 2.05) is 30.5 Å². The van der Waals surface area contributed by atoms with Crippen molar-refractivity contribution < 1.29 is 9.47 Å². The lowest BCUT2D eigenvalue weighted by atomic mass is 10.1. The summed E-state index contributed by atoms with van der Waals surface area (Å²) < 4.78 is 12.6. The topological polar surface area (TPSA) is 85.9 Å². The van der Waals surface area contributed by atoms with Crippen LogP contribution in [0.2, 0.25) is 0 Å². The van der Waals surface area contributed by atoms with Crippen LogP contribution in [0.15, 0.2) is 55.0 Å². The Kier molecular flexibility index (Phi) is 4.60. The molecule has 0 amide bonds. The molecular weight excluding hydrogens is 354 g/mol. The minimum absolute atomic E-state index is 0.511. The van der Waals surface area contributed by atoms with Gasteiger partial charge in [-0.25, -0.2) is 0 Å². The predicted octanol–water partition coefficient (Wildman–Crippen LogP) is 3.43. The zero-order valence-corrected chi connectivity index (χ0v) is 15.5. The second-order valence-corrected chi connectivity index (χ2v) is 6.18. The molecule has 7 nitrogen and oxygen atoms in total. The van der Waals surface area contributed by atoms with E-state index >= 15 is 0 Å². The molecule has 2 aromatic heterocycles. The molecule has 2 heterocycles. The van der Waals surface area contributed by atoms with Crippen molar-refractivity contribution in [2.45, 2.75) is 6.54 Å². The van der Waals surface area contributed by atoms with Gasteiger partial charge in [-0.2, -0.15) is 20.6 Å². The van der Waals surface area contributed by atoms with E-state index in [-0.39, 0.29) is 0 Å². The van der Waals surface area contributed by atoms with Gasteiger partial charge >= 0.3 is 0 Å². The molecule has 138 valence electrons. The number of rotatable bonds is 5. The van der Waals surface area contributed by atoms with Gasteiger partial charge in [0.2, 0.25) is 0 Å². The normalized spacial score (nSPS) is 10.6. The molecule has 0 atom stereocenters. The standard InChI is InChI=1S/C21H17N5O2/c1-27-20-7-17-18(11-23-25-19(17)8-21(20)28-2)16-10-24-26(13-16)12-15-6-4-3-5-14(15)9-22/h3-8,10-11,13H,12H2,1-2H3. The minimum atomic E-state index is 0.511. The van der Waals surface area contributed by atoms with Crippen LogP contribution in [0.4, 0.5) is 0 Å². The number of hydrogen-bond donors (Lipinski definition) is 0. The first-order valence-electron chi connectivity index (χ1n) is 8.61. The summed E-state index contributed by atoms with van der Waals surface area (Å²) in [6.45, 7) is 0.511. The van der Waals surface area contributed by atoms with E-state index in [0.717, 1.165) is 22.1 Å². The summed E-state index contributed by atoms with van der Waals surface area (Å²) in [6, 6.07) is 13.4. The van der Waals surface area contributed by atoms with Crippen LogP contribution in [0.5, 0.6) is 11.5 Å². The van der Waals surface area contributed by atoms with E-state index < -0.39 is 0 Å². The molecule has 0 unspecified atom stereocenters. The fourth-order valence-electron chi connectivity index (χ4n) is 3.15. The number of methoxy groups -OCH3 is 2. The maximum absolute atomic E-state index is 9.27. The van der Waals surface area contributed by atoms with Crippen molar-refractivity contribution in [3.8, 4) is 28.7 Å². The SMILES string of the molecule is COc1cc2nncc(-c3cnn(Cc4ccccc4C#N)c3)c2cc1OC. The lowest BCUT2D eigenvalue weighted by molar-refractivity contribution is 0.356. The molecule has 0 spiro atoms. The first-order chi connectivity index (χ1) is 13.7. The van der Waals surface area contributed by atoms with Crippen molar-refractivity contribution in [3.05, 3.63) is 66.1 Å². The van der Waals surface area contributed by atoms with Gasteiger partial charge in [-0.3, -0.25) is 4.68 Å². The van der Waals surface area contributed by atoms with E-state index in [1.165, 1.54) is 0 Å². The largest absolute Gasteiger partial charge is 0.493 e. The molecule has 4 aromatic rings. The Bertz CT molecular complexity index is 1190. The minimum Gasteiger partial charge on any atom is -0.493 e. The fraction of sp³-hybridized carbons (Fsp3) is 0.143. The number of fused-ring (bicyclic) bond motifs is 1. The van der Waals surface area contributed by atoms with Gasteiger partial charge in [-0.15, -0.1) is 0 Å². The van der Waals surface area contributed by atoms with Gasteiger partial charge in [-0.05, 0) is 17.7 Å². The van der Waals surface area contributed by atoms with Crippen LogP contribution in [0.25, 0.3) is 22.0 Å². The molecule has 0 aliphatic carbocycles. The number of hydrogen-bond acceptors (Lipinski definition) is 6. The van der Waals surface area contributed by atoms with Crippen molar-refractivity contribution in [1.29, 1.82) is 5.26 Å². The van der Waals surface area contributed by atoms with Crippen LogP contribution in [0, 0.1) is 11.3 Å². The Labute approximate surface area is 161 Å². The Morgan fingerprint density at radius 1 is 1.07 bits per heavy atom. The molecular formula is C21H17N5O2. The van der Waals surface area contributed by atoms with Gasteiger partial charge in [0.25, 0.3) is 0 Å². The van der Waals surface area contributed by atoms with Gasteiger partial charge in [0.15, 0.2) is 11.5 Å². The van der Waals surface area contributed by atoms with Crippen LogP contribution in [0.3, 0.4) is 0 Å². The van der Waals surface area contributed by atoms with E-state index in [2.05, 4.69) is 21.4 Å². The van der Waals surface area contributed by atoms with Crippen molar-refractivity contribution in [3.63, 3.8) is 0 Å². The molecule has 0 N–H and O–H groups in total. The Morgan fingerprint density at radius 3 is 2.64 bits per heavy atom. The first-order valence-corrected chi connectivity index (χ1v) is 8.61. The fourth-order valence-corrected chi connectivity index (χ4v) is 3.15. The summed E-state index contributed by atoms with van der Waals surface area (Å²) in [6.07, 6.45) is 5.42. The summed E-state index contributed by atoms with van der Waals surface area (Å²) in [4.78, 5) is 0. The molecule has 0 fully saturated rings. The Hall–Kier alpha value is -3.92. The Balaban J connectivity index is 1.74. The molecule has 4 rings (SSSR count). The summed E-state index contributed by atoms with van der Waals surface area (Å²) in [5.41, 5.74) is 4.07. The smallest absolute Gasteiger partial charge is 0.162 e. The highest BCUT2D eigenvalue weighted by Gasteiger charge is 2.13. The number of aromatic nitrogens is 4. The number of ether oxygens (including phenoxy) is 2. The highest BCUT2D eigenvalue weighted by molar-refractivity contribution is 5.95. The molecule has 7 heteroatoms. The monoisotopic (exact) mass is 371 g/mol. The third-order valence-electron chi connectivity index (χ3n) is 4.56. The van der Waals surface area contributed by atoms with Gasteiger partial charge < -0.3 is 9.47 Å². The summed E-state index contributed by atoms with van der Waals surface area (Å²) in [5, 5.41) is 22.9. The van der Waals surface area contributed by atoms with Gasteiger partial charge in [-0.1, -0.05) is 18.2 Å². The van der Waals surface area contributed by atoms with Gasteiger partial charge in [0.05, 0.1) is 50.3 Å². The number of nitrogens with zero attached hydrogens (tertiary/aromatic N) is 5. The lowest BCUT2D eigenvalue weighted by Gasteiger charge is -2.10. The van der Waals surface area contributed by atoms with Crippen LogP contribution in [-0.4, -0.2) is 34.2 Å². The van der Waals surface area contributed by atoms with Crippen molar-refractivity contribution in [2.24, 2.45) is 0 Å². The molecule has 0 saturated heterocycles. The molecule has 0 saturated carbocycles. The summed E-state index contributed by atoms with van der Waals surface area (Å²) in [7, 11) is 3.19. The summed E-state index contributed by atoms with van der Waals surface area (Å²) >= 11 is 0. The summed E-state index contributed by atoms with van der Waals surface area (Å²) in [5.74, 6) is 1.23. The molecule has 28 heavy (non-hydrogen) atoms. The zero-order chi connectivity index (χ0) is 19.5. The second-order valence-electron chi connectivity index (χ2n) is 6.18. The van der Waals surface area contributed by atoms with E-state index in [0.29, 0.717) is 29.1 Å². The third kappa shape index (κ3) is 3.12. The van der Waals surface area contributed by atoms with Crippen molar-refractivity contribution in [2.75, 3.05) is 14.2 Å². The van der Waals surface area contributed by atoms with Crippen LogP contribution in [-0.2, 0) is 6.54 Å². The average Bonchev–Trinajstić information content (AvgIpc) is 3.20. The number of benzene rings is 2. The van der Waals surface area contributed by atoms with Crippen LogP contribution < -0.4 is 9.47 Å². The van der Waals surface area contributed by atoms with Crippen LogP contribution >= 0.6 is 0 Å². The average molecular weight is 371 g/mol. The highest BCUT2D eigenvalue weighted by Crippen LogP contribution is 2.35. The molecule has 0 aliphatic heterocycles. The van der Waals surface area contributed by atoms with Crippen LogP contribution in [0.1, 0.15) is 11.1 Å². The quantitative estimate of drug-likeness (QED) is 0.534. The highest BCUT2D eigenvalue weighted by atomic mass is 16.5. The van der Waals surface area contributed by atoms with E-state index in [4.69, 9.17) is 9.47 Å². The second kappa shape index (κ2) is 7.37. The van der Waals surface area contributed by atoms with Gasteiger partial charge in [0, 0.05) is 28.8 Å². The van der Waals surface area contributed by atoms with E-state index in [9.17, 15) is 5.26 Å². The van der Waals surface area contributed by atoms with Crippen molar-refractivity contribution >= 4 is 10.9 Å². The zero-order valence-electron chi connectivity index (χ0n) is 15.5.